The van der Waals surface area contributed by atoms with Gasteiger partial charge in [-0.2, -0.15) is 0 Å². The SMILES string of the molecule is Cn1cnnc1CNC(=O)C1CCCCN1C(=O)c1ccco1. The van der Waals surface area contributed by atoms with Gasteiger partial charge in [0.15, 0.2) is 11.6 Å². The van der Waals surface area contributed by atoms with E-state index in [0.717, 1.165) is 12.8 Å². The van der Waals surface area contributed by atoms with E-state index in [-0.39, 0.29) is 24.1 Å². The molecule has 0 aliphatic carbocycles. The molecule has 1 aliphatic rings. The van der Waals surface area contributed by atoms with Gasteiger partial charge >= 0.3 is 0 Å². The number of aromatic nitrogens is 3. The third-order valence-electron chi connectivity index (χ3n) is 4.02. The van der Waals surface area contributed by atoms with Crippen LogP contribution in [0, 0.1) is 0 Å². The van der Waals surface area contributed by atoms with E-state index in [4.69, 9.17) is 4.42 Å². The van der Waals surface area contributed by atoms with Crippen molar-refractivity contribution in [2.75, 3.05) is 6.54 Å². The first-order valence-electron chi connectivity index (χ1n) is 7.62. The predicted octanol–water partition coefficient (Wildman–Crippen LogP) is 0.719. The second-order valence-electron chi connectivity index (χ2n) is 5.56. The minimum atomic E-state index is -0.477. The molecular formula is C15H19N5O3. The van der Waals surface area contributed by atoms with Crippen LogP contribution in [0.4, 0.5) is 0 Å². The number of likely N-dealkylation sites (tertiary alicyclic amines) is 1. The Morgan fingerprint density at radius 3 is 3.00 bits per heavy atom. The van der Waals surface area contributed by atoms with E-state index in [2.05, 4.69) is 15.5 Å². The van der Waals surface area contributed by atoms with Crippen LogP contribution in [0.5, 0.6) is 0 Å². The lowest BCUT2D eigenvalue weighted by Gasteiger charge is -2.34. The molecule has 0 aromatic carbocycles. The molecule has 0 spiro atoms. The van der Waals surface area contributed by atoms with Crippen LogP contribution in [-0.4, -0.2) is 44.1 Å². The summed E-state index contributed by atoms with van der Waals surface area (Å²) < 4.78 is 6.91. The smallest absolute Gasteiger partial charge is 0.290 e. The molecule has 1 unspecified atom stereocenters. The zero-order valence-electron chi connectivity index (χ0n) is 12.9. The monoisotopic (exact) mass is 317 g/mol. The minimum absolute atomic E-state index is 0.174. The fourth-order valence-corrected chi connectivity index (χ4v) is 2.74. The summed E-state index contributed by atoms with van der Waals surface area (Å²) in [6, 6.07) is 2.81. The van der Waals surface area contributed by atoms with Crippen LogP contribution >= 0.6 is 0 Å². The largest absolute Gasteiger partial charge is 0.459 e. The van der Waals surface area contributed by atoms with E-state index in [9.17, 15) is 9.59 Å². The van der Waals surface area contributed by atoms with E-state index in [1.54, 1.807) is 27.9 Å². The van der Waals surface area contributed by atoms with Gasteiger partial charge in [-0.1, -0.05) is 0 Å². The first kappa shape index (κ1) is 15.3. The number of carbonyl (C=O) groups is 2. The Hall–Kier alpha value is -2.64. The Morgan fingerprint density at radius 2 is 2.30 bits per heavy atom. The molecule has 2 aromatic rings. The number of amides is 2. The van der Waals surface area contributed by atoms with Gasteiger partial charge < -0.3 is 19.2 Å². The van der Waals surface area contributed by atoms with Crippen LogP contribution in [0.3, 0.4) is 0 Å². The fourth-order valence-electron chi connectivity index (χ4n) is 2.74. The number of hydrogen-bond acceptors (Lipinski definition) is 5. The number of nitrogens with one attached hydrogen (secondary N) is 1. The second-order valence-corrected chi connectivity index (χ2v) is 5.56. The highest BCUT2D eigenvalue weighted by Gasteiger charge is 2.33. The zero-order chi connectivity index (χ0) is 16.2. The molecule has 8 heteroatoms. The van der Waals surface area contributed by atoms with Gasteiger partial charge in [0.25, 0.3) is 5.91 Å². The molecule has 1 N–H and O–H groups in total. The van der Waals surface area contributed by atoms with E-state index in [0.29, 0.717) is 18.8 Å². The number of carbonyl (C=O) groups excluding carboxylic acids is 2. The predicted molar refractivity (Wildman–Crippen MR) is 80.2 cm³/mol. The lowest BCUT2D eigenvalue weighted by molar-refractivity contribution is -0.126. The Kier molecular flexibility index (Phi) is 4.40. The van der Waals surface area contributed by atoms with Gasteiger partial charge in [0.2, 0.25) is 5.91 Å². The molecule has 2 amide bonds. The molecule has 122 valence electrons. The van der Waals surface area contributed by atoms with Gasteiger partial charge in [0, 0.05) is 13.6 Å². The van der Waals surface area contributed by atoms with E-state index < -0.39 is 6.04 Å². The number of hydrogen-bond donors (Lipinski definition) is 1. The molecule has 1 atom stereocenters. The van der Waals surface area contributed by atoms with Crippen LogP contribution < -0.4 is 5.32 Å². The van der Waals surface area contributed by atoms with Gasteiger partial charge in [-0.25, -0.2) is 0 Å². The normalized spacial score (nSPS) is 18.0. The standard InChI is InChI=1S/C15H19N5O3/c1-19-10-17-18-13(19)9-16-14(21)11-5-2-3-7-20(11)15(22)12-6-4-8-23-12/h4,6,8,10-11H,2-3,5,7,9H2,1H3,(H,16,21). The van der Waals surface area contributed by atoms with Crippen molar-refractivity contribution in [3.8, 4) is 0 Å². The third kappa shape index (κ3) is 3.25. The van der Waals surface area contributed by atoms with Crippen LogP contribution in [0.25, 0.3) is 0 Å². The maximum Gasteiger partial charge on any atom is 0.290 e. The van der Waals surface area contributed by atoms with Crippen molar-refractivity contribution in [3.63, 3.8) is 0 Å². The fraction of sp³-hybridized carbons (Fsp3) is 0.467. The average Bonchev–Trinajstić information content (AvgIpc) is 3.24. The second kappa shape index (κ2) is 6.64. The van der Waals surface area contributed by atoms with Crippen molar-refractivity contribution < 1.29 is 14.0 Å². The number of rotatable bonds is 4. The molecule has 0 bridgehead atoms. The lowest BCUT2D eigenvalue weighted by atomic mass is 10.0. The highest BCUT2D eigenvalue weighted by molar-refractivity contribution is 5.95. The van der Waals surface area contributed by atoms with Crippen molar-refractivity contribution in [3.05, 3.63) is 36.3 Å². The molecule has 8 nitrogen and oxygen atoms in total. The van der Waals surface area contributed by atoms with Gasteiger partial charge in [-0.05, 0) is 31.4 Å². The van der Waals surface area contributed by atoms with Crippen LogP contribution in [-0.2, 0) is 18.4 Å². The summed E-state index contributed by atoms with van der Waals surface area (Å²) in [5.41, 5.74) is 0. The van der Waals surface area contributed by atoms with Crippen molar-refractivity contribution in [2.45, 2.75) is 31.8 Å². The summed E-state index contributed by atoms with van der Waals surface area (Å²) in [7, 11) is 1.81. The molecule has 1 aliphatic heterocycles. The highest BCUT2D eigenvalue weighted by Crippen LogP contribution is 2.20. The number of furan rings is 1. The summed E-state index contributed by atoms with van der Waals surface area (Å²) in [5.74, 6) is 0.511. The quantitative estimate of drug-likeness (QED) is 0.897. The van der Waals surface area contributed by atoms with E-state index in [1.165, 1.54) is 6.26 Å². The first-order valence-corrected chi connectivity index (χ1v) is 7.62. The number of nitrogens with zero attached hydrogens (tertiary/aromatic N) is 4. The molecule has 0 saturated carbocycles. The molecule has 23 heavy (non-hydrogen) atoms. The van der Waals surface area contributed by atoms with Crippen LogP contribution in [0.1, 0.15) is 35.6 Å². The Balaban J connectivity index is 1.67. The first-order chi connectivity index (χ1) is 11.2. The number of piperidine rings is 1. The lowest BCUT2D eigenvalue weighted by Crippen LogP contribution is -2.51. The van der Waals surface area contributed by atoms with Crippen molar-refractivity contribution in [2.24, 2.45) is 7.05 Å². The van der Waals surface area contributed by atoms with E-state index in [1.807, 2.05) is 7.05 Å². The Morgan fingerprint density at radius 1 is 1.43 bits per heavy atom. The topological polar surface area (TPSA) is 93.3 Å². The zero-order valence-corrected chi connectivity index (χ0v) is 12.9. The summed E-state index contributed by atoms with van der Waals surface area (Å²) in [5, 5.41) is 10.5. The molecule has 2 aromatic heterocycles. The number of aryl methyl sites for hydroxylation is 1. The average molecular weight is 317 g/mol. The third-order valence-corrected chi connectivity index (χ3v) is 4.02. The van der Waals surface area contributed by atoms with Crippen molar-refractivity contribution in [1.82, 2.24) is 25.0 Å². The summed E-state index contributed by atoms with van der Waals surface area (Å²) in [6.07, 6.45) is 5.50. The van der Waals surface area contributed by atoms with Gasteiger partial charge in [0.05, 0.1) is 12.8 Å². The van der Waals surface area contributed by atoms with Gasteiger partial charge in [-0.15, -0.1) is 10.2 Å². The molecule has 1 fully saturated rings. The maximum atomic E-state index is 12.5. The Bertz CT molecular complexity index is 679. The van der Waals surface area contributed by atoms with Crippen LogP contribution in [0.15, 0.2) is 29.1 Å². The summed E-state index contributed by atoms with van der Waals surface area (Å²) >= 11 is 0. The molecule has 0 radical (unpaired) electrons. The van der Waals surface area contributed by atoms with E-state index >= 15 is 0 Å². The minimum Gasteiger partial charge on any atom is -0.459 e. The van der Waals surface area contributed by atoms with Gasteiger partial charge in [-0.3, -0.25) is 9.59 Å². The summed E-state index contributed by atoms with van der Waals surface area (Å²) in [6.45, 7) is 0.843. The Labute approximate surface area is 133 Å². The van der Waals surface area contributed by atoms with Gasteiger partial charge in [0.1, 0.15) is 12.4 Å². The van der Waals surface area contributed by atoms with Crippen molar-refractivity contribution >= 4 is 11.8 Å². The molecule has 1 saturated heterocycles. The molecule has 3 heterocycles. The molecular weight excluding hydrogens is 298 g/mol. The highest BCUT2D eigenvalue weighted by atomic mass is 16.3. The maximum absolute atomic E-state index is 12.5. The van der Waals surface area contributed by atoms with Crippen LogP contribution in [0.2, 0.25) is 0 Å². The van der Waals surface area contributed by atoms with Crippen molar-refractivity contribution in [1.29, 1.82) is 0 Å². The molecule has 3 rings (SSSR count). The summed E-state index contributed by atoms with van der Waals surface area (Å²) in [4.78, 5) is 26.6.